The van der Waals surface area contributed by atoms with E-state index in [-0.39, 0.29) is 6.42 Å². The number of carbonyl (C=O) groups excluding carboxylic acids is 1. The van der Waals surface area contributed by atoms with Gasteiger partial charge in [-0.05, 0) is 6.42 Å². The Kier molecular flexibility index (Phi) is 9.60. The summed E-state index contributed by atoms with van der Waals surface area (Å²) in [6.07, 6.45) is 1.76. The Morgan fingerprint density at radius 2 is 1.22 bits per heavy atom. The average molecular weight is 332 g/mol. The zero-order valence-electron chi connectivity index (χ0n) is 13.2. The van der Waals surface area contributed by atoms with Crippen LogP contribution < -0.4 is 0 Å². The summed E-state index contributed by atoms with van der Waals surface area (Å²) in [6, 6.07) is 0. The summed E-state index contributed by atoms with van der Waals surface area (Å²) in [7, 11) is 0. The molecule has 0 heterocycles. The summed E-state index contributed by atoms with van der Waals surface area (Å²) < 4.78 is 5.00. The lowest BCUT2D eigenvalue weighted by Gasteiger charge is -2.29. The maximum atomic E-state index is 11.8. The van der Waals surface area contributed by atoms with Crippen LogP contribution in [-0.2, 0) is 23.9 Å². The maximum Gasteiger partial charge on any atom is 0.307 e. The molecule has 0 aromatic rings. The summed E-state index contributed by atoms with van der Waals surface area (Å²) in [6.45, 7) is 2.05. The van der Waals surface area contributed by atoms with Crippen LogP contribution >= 0.6 is 0 Å². The van der Waals surface area contributed by atoms with Crippen LogP contribution in [0.25, 0.3) is 0 Å². The average Bonchev–Trinajstić information content (AvgIpc) is 2.35. The second-order valence-corrected chi connectivity index (χ2v) is 5.53. The fourth-order valence-corrected chi connectivity index (χ4v) is 2.29. The molecule has 0 aliphatic carbocycles. The fourth-order valence-electron chi connectivity index (χ4n) is 2.29. The van der Waals surface area contributed by atoms with Gasteiger partial charge in [0.25, 0.3) is 0 Å². The van der Waals surface area contributed by atoms with Crippen molar-refractivity contribution in [2.45, 2.75) is 70.3 Å². The first kappa shape index (κ1) is 20.9. The van der Waals surface area contributed by atoms with Crippen molar-refractivity contribution in [3.8, 4) is 0 Å². The van der Waals surface area contributed by atoms with Crippen molar-refractivity contribution in [2.75, 3.05) is 0 Å². The van der Waals surface area contributed by atoms with E-state index in [1.807, 2.05) is 6.92 Å². The first-order valence-corrected chi connectivity index (χ1v) is 7.58. The third-order valence-corrected chi connectivity index (χ3v) is 3.23. The van der Waals surface area contributed by atoms with Crippen molar-refractivity contribution in [2.24, 2.45) is 0 Å². The van der Waals surface area contributed by atoms with Gasteiger partial charge >= 0.3 is 23.9 Å². The maximum absolute atomic E-state index is 11.8. The number of carbonyl (C=O) groups is 4. The molecule has 0 unspecified atom stereocenters. The molecular weight excluding hydrogens is 308 g/mol. The number of aliphatic carboxylic acids is 3. The molecule has 0 radical (unpaired) electrons. The van der Waals surface area contributed by atoms with E-state index >= 15 is 0 Å². The normalized spacial score (nSPS) is 11.0. The van der Waals surface area contributed by atoms with E-state index in [0.29, 0.717) is 6.42 Å². The van der Waals surface area contributed by atoms with Crippen molar-refractivity contribution in [3.05, 3.63) is 0 Å². The largest absolute Gasteiger partial charge is 0.481 e. The van der Waals surface area contributed by atoms with Crippen LogP contribution in [0.5, 0.6) is 0 Å². The molecule has 0 saturated heterocycles. The molecule has 0 bridgehead atoms. The molecule has 0 aliphatic heterocycles. The molecule has 0 amide bonds. The number of carboxylic acids is 3. The van der Waals surface area contributed by atoms with Crippen LogP contribution in [-0.4, -0.2) is 44.8 Å². The van der Waals surface area contributed by atoms with Gasteiger partial charge in [0.15, 0.2) is 0 Å². The number of ether oxygens (including phenoxy) is 1. The van der Waals surface area contributed by atoms with Gasteiger partial charge in [-0.15, -0.1) is 0 Å². The molecule has 0 aliphatic rings. The Labute approximate surface area is 134 Å². The first-order valence-electron chi connectivity index (χ1n) is 7.58. The van der Waals surface area contributed by atoms with Crippen LogP contribution in [0.3, 0.4) is 0 Å². The zero-order chi connectivity index (χ0) is 17.9. The zero-order valence-corrected chi connectivity index (χ0v) is 13.2. The highest BCUT2D eigenvalue weighted by atomic mass is 16.6. The molecule has 8 nitrogen and oxygen atoms in total. The Morgan fingerprint density at radius 3 is 1.61 bits per heavy atom. The van der Waals surface area contributed by atoms with Crippen LogP contribution in [0, 0.1) is 0 Å². The lowest BCUT2D eigenvalue weighted by molar-refractivity contribution is -0.173. The van der Waals surface area contributed by atoms with Gasteiger partial charge in [0.2, 0.25) is 0 Å². The number of carboxylic acid groups (broad SMARTS) is 3. The SMILES string of the molecule is CCCCCCCC(=O)OC(CC(=O)O)(CC(=O)O)CC(=O)O. The minimum Gasteiger partial charge on any atom is -0.481 e. The molecule has 0 rings (SSSR count). The Morgan fingerprint density at radius 1 is 0.783 bits per heavy atom. The molecule has 0 aromatic carbocycles. The second kappa shape index (κ2) is 10.6. The number of rotatable bonds is 13. The molecule has 0 saturated carbocycles. The van der Waals surface area contributed by atoms with Crippen LogP contribution in [0.1, 0.15) is 64.7 Å². The van der Waals surface area contributed by atoms with E-state index in [1.54, 1.807) is 0 Å². The third-order valence-electron chi connectivity index (χ3n) is 3.23. The quantitative estimate of drug-likeness (QED) is 0.344. The highest BCUT2D eigenvalue weighted by Crippen LogP contribution is 2.27. The third kappa shape index (κ3) is 10.3. The number of unbranched alkanes of at least 4 members (excludes halogenated alkanes) is 4. The fraction of sp³-hybridized carbons (Fsp3) is 0.733. The summed E-state index contributed by atoms with van der Waals surface area (Å²) in [5, 5.41) is 26.7. The Balaban J connectivity index is 4.82. The number of esters is 1. The van der Waals surface area contributed by atoms with Crippen LogP contribution in [0.4, 0.5) is 0 Å². The van der Waals surface area contributed by atoms with Crippen molar-refractivity contribution in [1.29, 1.82) is 0 Å². The summed E-state index contributed by atoms with van der Waals surface area (Å²) in [5.41, 5.74) is -2.07. The Hall–Kier alpha value is -2.12. The molecular formula is C15H24O8. The van der Waals surface area contributed by atoms with Gasteiger partial charge in [-0.3, -0.25) is 19.2 Å². The first-order chi connectivity index (χ1) is 10.7. The monoisotopic (exact) mass is 332 g/mol. The van der Waals surface area contributed by atoms with Gasteiger partial charge in [-0.2, -0.15) is 0 Å². The molecule has 23 heavy (non-hydrogen) atoms. The van der Waals surface area contributed by atoms with Gasteiger partial charge in [0, 0.05) is 6.42 Å². The van der Waals surface area contributed by atoms with Crippen molar-refractivity contribution in [3.63, 3.8) is 0 Å². The highest BCUT2D eigenvalue weighted by Gasteiger charge is 2.41. The Bertz CT molecular complexity index is 388. The van der Waals surface area contributed by atoms with E-state index in [9.17, 15) is 19.2 Å². The standard InChI is InChI=1S/C15H24O8/c1-2-3-4-5-6-7-14(22)23-15(8-11(16)17,9-12(18)19)10-13(20)21/h2-10H2,1H3,(H,16,17)(H,18,19)(H,20,21). The topological polar surface area (TPSA) is 138 Å². The predicted octanol–water partition coefficient (Wildman–Crippen LogP) is 2.05. The summed E-state index contributed by atoms with van der Waals surface area (Å²) in [5.74, 6) is -5.06. The smallest absolute Gasteiger partial charge is 0.307 e. The number of hydrogen-bond donors (Lipinski definition) is 3. The van der Waals surface area contributed by atoms with Gasteiger partial charge < -0.3 is 20.1 Å². The van der Waals surface area contributed by atoms with Crippen molar-refractivity contribution >= 4 is 23.9 Å². The van der Waals surface area contributed by atoms with E-state index < -0.39 is 48.7 Å². The van der Waals surface area contributed by atoms with Crippen molar-refractivity contribution in [1.82, 2.24) is 0 Å². The second-order valence-electron chi connectivity index (χ2n) is 5.53. The van der Waals surface area contributed by atoms with Gasteiger partial charge in [-0.25, -0.2) is 0 Å². The summed E-state index contributed by atoms with van der Waals surface area (Å²) in [4.78, 5) is 44.6. The number of hydrogen-bond acceptors (Lipinski definition) is 5. The van der Waals surface area contributed by atoms with Gasteiger partial charge in [0.05, 0.1) is 19.3 Å². The van der Waals surface area contributed by atoms with Crippen molar-refractivity contribution < 1.29 is 39.2 Å². The van der Waals surface area contributed by atoms with Gasteiger partial charge in [-0.1, -0.05) is 32.6 Å². The van der Waals surface area contributed by atoms with Crippen LogP contribution in [0.15, 0.2) is 0 Å². The molecule has 3 N–H and O–H groups in total. The minimum atomic E-state index is -2.07. The summed E-state index contributed by atoms with van der Waals surface area (Å²) >= 11 is 0. The van der Waals surface area contributed by atoms with E-state index in [0.717, 1.165) is 25.7 Å². The van der Waals surface area contributed by atoms with Gasteiger partial charge in [0.1, 0.15) is 5.60 Å². The predicted molar refractivity (Wildman–Crippen MR) is 79.0 cm³/mol. The molecule has 132 valence electrons. The molecule has 0 fully saturated rings. The van der Waals surface area contributed by atoms with E-state index in [4.69, 9.17) is 20.1 Å². The van der Waals surface area contributed by atoms with Crippen LogP contribution in [0.2, 0.25) is 0 Å². The molecule has 0 aromatic heterocycles. The lowest BCUT2D eigenvalue weighted by Crippen LogP contribution is -2.41. The molecule has 8 heteroatoms. The minimum absolute atomic E-state index is 0.00429. The van der Waals surface area contributed by atoms with E-state index in [2.05, 4.69) is 0 Å². The lowest BCUT2D eigenvalue weighted by atomic mass is 9.91. The van der Waals surface area contributed by atoms with E-state index in [1.165, 1.54) is 0 Å². The molecule has 0 atom stereocenters. The molecule has 0 spiro atoms. The highest BCUT2D eigenvalue weighted by molar-refractivity contribution is 5.79.